The highest BCUT2D eigenvalue weighted by Gasteiger charge is 2.20. The van der Waals surface area contributed by atoms with Gasteiger partial charge in [0.25, 0.3) is 11.8 Å². The first kappa shape index (κ1) is 18.3. The lowest BCUT2D eigenvalue weighted by Crippen LogP contribution is -2.24. The molecule has 0 aliphatic rings. The predicted molar refractivity (Wildman–Crippen MR) is 97.5 cm³/mol. The highest BCUT2D eigenvalue weighted by Crippen LogP contribution is 2.34. The number of carbonyl (C=O) groups is 2. The van der Waals surface area contributed by atoms with Crippen molar-refractivity contribution in [3.63, 3.8) is 0 Å². The molecular formula is C16H17BrN2O4S. The summed E-state index contributed by atoms with van der Waals surface area (Å²) < 4.78 is 11.4. The largest absolute Gasteiger partial charge is 0.493 e. The Morgan fingerprint density at radius 1 is 1.12 bits per heavy atom. The number of rotatable bonds is 5. The van der Waals surface area contributed by atoms with E-state index in [0.29, 0.717) is 27.6 Å². The van der Waals surface area contributed by atoms with E-state index in [0.717, 1.165) is 3.79 Å². The molecule has 128 valence electrons. The molecular weight excluding hydrogens is 396 g/mol. The second kappa shape index (κ2) is 7.67. The Hall–Kier alpha value is -2.06. The van der Waals surface area contributed by atoms with E-state index in [1.807, 2.05) is 0 Å². The molecule has 1 N–H and O–H groups in total. The molecule has 0 fully saturated rings. The molecule has 0 bridgehead atoms. The fourth-order valence-electron chi connectivity index (χ4n) is 2.02. The van der Waals surface area contributed by atoms with Crippen LogP contribution in [-0.4, -0.2) is 45.0 Å². The van der Waals surface area contributed by atoms with Gasteiger partial charge in [-0.15, -0.1) is 11.3 Å². The van der Waals surface area contributed by atoms with Gasteiger partial charge in [-0.3, -0.25) is 9.59 Å². The summed E-state index contributed by atoms with van der Waals surface area (Å²) in [5.41, 5.74) is 0.683. The molecule has 0 saturated carbocycles. The minimum Gasteiger partial charge on any atom is -0.493 e. The Kier molecular flexibility index (Phi) is 5.84. The Morgan fingerprint density at radius 3 is 2.25 bits per heavy atom. The summed E-state index contributed by atoms with van der Waals surface area (Å²) in [5, 5.41) is 2.77. The van der Waals surface area contributed by atoms with Crippen molar-refractivity contribution in [2.24, 2.45) is 0 Å². The normalized spacial score (nSPS) is 10.2. The maximum Gasteiger partial charge on any atom is 0.265 e. The highest BCUT2D eigenvalue weighted by molar-refractivity contribution is 9.11. The van der Waals surface area contributed by atoms with Crippen LogP contribution >= 0.6 is 27.3 Å². The molecule has 1 heterocycles. The molecule has 8 heteroatoms. The van der Waals surface area contributed by atoms with Gasteiger partial charge in [0.1, 0.15) is 0 Å². The molecule has 6 nitrogen and oxygen atoms in total. The van der Waals surface area contributed by atoms with Crippen molar-refractivity contribution in [1.29, 1.82) is 0 Å². The molecule has 0 saturated heterocycles. The van der Waals surface area contributed by atoms with Crippen molar-refractivity contribution >= 4 is 44.8 Å². The zero-order valence-corrected chi connectivity index (χ0v) is 16.1. The fourth-order valence-corrected chi connectivity index (χ4v) is 3.30. The van der Waals surface area contributed by atoms with Gasteiger partial charge in [-0.2, -0.15) is 0 Å². The van der Waals surface area contributed by atoms with Crippen molar-refractivity contribution in [3.05, 3.63) is 38.5 Å². The van der Waals surface area contributed by atoms with Gasteiger partial charge >= 0.3 is 0 Å². The Labute approximate surface area is 152 Å². The van der Waals surface area contributed by atoms with E-state index in [9.17, 15) is 9.59 Å². The molecule has 2 amide bonds. The van der Waals surface area contributed by atoms with E-state index in [1.54, 1.807) is 38.4 Å². The van der Waals surface area contributed by atoms with E-state index in [1.165, 1.54) is 30.5 Å². The Bertz CT molecular complexity index is 773. The first-order valence-electron chi connectivity index (χ1n) is 6.91. The van der Waals surface area contributed by atoms with Gasteiger partial charge in [-0.25, -0.2) is 0 Å². The van der Waals surface area contributed by atoms with Crippen LogP contribution in [0.1, 0.15) is 20.0 Å². The molecule has 2 rings (SSSR count). The quantitative estimate of drug-likeness (QED) is 0.815. The smallest absolute Gasteiger partial charge is 0.265 e. The van der Waals surface area contributed by atoms with Gasteiger partial charge in [-0.05, 0) is 34.1 Å². The van der Waals surface area contributed by atoms with Crippen LogP contribution in [0.25, 0.3) is 0 Å². The van der Waals surface area contributed by atoms with Gasteiger partial charge < -0.3 is 19.7 Å². The molecule has 0 aliphatic carbocycles. The fraction of sp³-hybridized carbons (Fsp3) is 0.250. The van der Waals surface area contributed by atoms with Crippen LogP contribution in [0.5, 0.6) is 11.5 Å². The van der Waals surface area contributed by atoms with Crippen molar-refractivity contribution in [1.82, 2.24) is 4.90 Å². The average Bonchev–Trinajstić information content (AvgIpc) is 3.00. The van der Waals surface area contributed by atoms with E-state index < -0.39 is 0 Å². The summed E-state index contributed by atoms with van der Waals surface area (Å²) in [4.78, 5) is 26.8. The van der Waals surface area contributed by atoms with Gasteiger partial charge in [0.15, 0.2) is 11.5 Å². The van der Waals surface area contributed by atoms with E-state index in [-0.39, 0.29) is 11.8 Å². The molecule has 0 atom stereocenters. The van der Waals surface area contributed by atoms with Gasteiger partial charge in [-0.1, -0.05) is 0 Å². The third-order valence-electron chi connectivity index (χ3n) is 3.21. The topological polar surface area (TPSA) is 67.9 Å². The monoisotopic (exact) mass is 412 g/mol. The first-order valence-corrected chi connectivity index (χ1v) is 8.52. The summed E-state index contributed by atoms with van der Waals surface area (Å²) in [6.45, 7) is 0. The average molecular weight is 413 g/mol. The minimum absolute atomic E-state index is 0.251. The maximum atomic E-state index is 12.4. The maximum absolute atomic E-state index is 12.4. The van der Waals surface area contributed by atoms with Crippen molar-refractivity contribution < 1.29 is 19.1 Å². The van der Waals surface area contributed by atoms with Crippen LogP contribution in [-0.2, 0) is 0 Å². The second-order valence-electron chi connectivity index (χ2n) is 5.01. The summed E-state index contributed by atoms with van der Waals surface area (Å²) in [7, 11) is 6.26. The summed E-state index contributed by atoms with van der Waals surface area (Å²) >= 11 is 4.63. The number of ether oxygens (including phenoxy) is 2. The molecule has 1 aromatic carbocycles. The number of benzene rings is 1. The number of anilines is 1. The Balaban J connectivity index is 2.45. The molecule has 1 aromatic heterocycles. The van der Waals surface area contributed by atoms with E-state index in [4.69, 9.17) is 9.47 Å². The molecule has 24 heavy (non-hydrogen) atoms. The van der Waals surface area contributed by atoms with Crippen molar-refractivity contribution in [3.8, 4) is 11.5 Å². The number of halogens is 1. The second-order valence-corrected chi connectivity index (χ2v) is 7.47. The third-order valence-corrected chi connectivity index (χ3v) is 4.83. The molecule has 0 aliphatic heterocycles. The molecule has 0 spiro atoms. The standard InChI is InChI=1S/C16H17BrN2O4S/c1-19(2)16(21)9-7-11(22-3)12(23-4)8-10(9)18-15(20)13-5-6-14(17)24-13/h5-8H,1-4H3,(H,18,20). The van der Waals surface area contributed by atoms with Crippen molar-refractivity contribution in [2.45, 2.75) is 0 Å². The van der Waals surface area contributed by atoms with Crippen LogP contribution in [0.2, 0.25) is 0 Å². The lowest BCUT2D eigenvalue weighted by molar-refractivity contribution is 0.0828. The number of hydrogen-bond acceptors (Lipinski definition) is 5. The molecule has 0 unspecified atom stereocenters. The number of nitrogens with zero attached hydrogens (tertiary/aromatic N) is 1. The summed E-state index contributed by atoms with van der Waals surface area (Å²) in [6.07, 6.45) is 0. The minimum atomic E-state index is -0.300. The summed E-state index contributed by atoms with van der Waals surface area (Å²) in [6, 6.07) is 6.63. The number of amides is 2. The predicted octanol–water partition coefficient (Wildman–Crippen LogP) is 3.48. The highest BCUT2D eigenvalue weighted by atomic mass is 79.9. The first-order chi connectivity index (χ1) is 11.4. The van der Waals surface area contributed by atoms with Gasteiger partial charge in [0.05, 0.1) is 34.1 Å². The number of hydrogen-bond donors (Lipinski definition) is 1. The van der Waals surface area contributed by atoms with Crippen molar-refractivity contribution in [2.75, 3.05) is 33.6 Å². The SMILES string of the molecule is COc1cc(NC(=O)c2ccc(Br)s2)c(C(=O)N(C)C)cc1OC. The van der Waals surface area contributed by atoms with Crippen LogP contribution in [0.4, 0.5) is 5.69 Å². The Morgan fingerprint density at radius 2 is 1.75 bits per heavy atom. The van der Waals surface area contributed by atoms with Gasteiger partial charge in [0, 0.05) is 20.2 Å². The zero-order valence-electron chi connectivity index (χ0n) is 13.7. The molecule has 0 radical (unpaired) electrons. The van der Waals surface area contributed by atoms with Crippen LogP contribution in [0.15, 0.2) is 28.1 Å². The van der Waals surface area contributed by atoms with Crippen LogP contribution in [0, 0.1) is 0 Å². The third kappa shape index (κ3) is 3.88. The lowest BCUT2D eigenvalue weighted by atomic mass is 10.1. The van der Waals surface area contributed by atoms with Crippen LogP contribution in [0.3, 0.4) is 0 Å². The lowest BCUT2D eigenvalue weighted by Gasteiger charge is -2.17. The number of nitrogens with one attached hydrogen (secondary N) is 1. The van der Waals surface area contributed by atoms with E-state index in [2.05, 4.69) is 21.2 Å². The number of carbonyl (C=O) groups excluding carboxylic acids is 2. The number of methoxy groups -OCH3 is 2. The van der Waals surface area contributed by atoms with E-state index >= 15 is 0 Å². The number of thiophene rings is 1. The molecule has 2 aromatic rings. The van der Waals surface area contributed by atoms with Gasteiger partial charge in [0.2, 0.25) is 0 Å². The van der Waals surface area contributed by atoms with Crippen LogP contribution < -0.4 is 14.8 Å². The zero-order chi connectivity index (χ0) is 17.9. The summed E-state index contributed by atoms with van der Waals surface area (Å²) in [5.74, 6) is 0.291.